The summed E-state index contributed by atoms with van der Waals surface area (Å²) in [6.07, 6.45) is 5.43. The smallest absolute Gasteiger partial charge is 0.236 e. The van der Waals surface area contributed by atoms with Gasteiger partial charge >= 0.3 is 0 Å². The van der Waals surface area contributed by atoms with E-state index in [-0.39, 0.29) is 11.2 Å². The summed E-state index contributed by atoms with van der Waals surface area (Å²) >= 11 is 7.77. The van der Waals surface area contributed by atoms with Gasteiger partial charge in [0, 0.05) is 23.3 Å². The second-order valence-corrected chi connectivity index (χ2v) is 10.4. The fourth-order valence-corrected chi connectivity index (χ4v) is 5.12. The van der Waals surface area contributed by atoms with E-state index in [2.05, 4.69) is 20.0 Å². The number of nitrogens with zero attached hydrogens (tertiary/aromatic N) is 2. The average molecular weight is 461 g/mol. The molecule has 2 heterocycles. The molecule has 0 radical (unpaired) electrons. The molecule has 1 unspecified atom stereocenters. The molecule has 1 amide bonds. The minimum absolute atomic E-state index is 0.213. The van der Waals surface area contributed by atoms with E-state index < -0.39 is 16.4 Å². The van der Waals surface area contributed by atoms with Crippen LogP contribution in [0.3, 0.4) is 0 Å². The second-order valence-electron chi connectivity index (χ2n) is 7.65. The normalized spacial score (nSPS) is 14.9. The number of aromatic nitrogens is 2. The van der Waals surface area contributed by atoms with E-state index in [4.69, 9.17) is 11.6 Å². The Morgan fingerprint density at radius 3 is 2.73 bits per heavy atom. The predicted molar refractivity (Wildman–Crippen MR) is 123 cm³/mol. The zero-order valence-corrected chi connectivity index (χ0v) is 18.9. The number of benzene rings is 1. The average Bonchev–Trinajstić information content (AvgIpc) is 3.49. The number of anilines is 2. The number of rotatable bonds is 7. The minimum Gasteiger partial charge on any atom is -0.324 e. The second kappa shape index (κ2) is 8.45. The van der Waals surface area contributed by atoms with E-state index in [0.29, 0.717) is 21.5 Å². The number of nitrogens with one attached hydrogen (secondary N) is 2. The maximum atomic E-state index is 13.0. The molecule has 0 bridgehead atoms. The van der Waals surface area contributed by atoms with Gasteiger partial charge in [0.1, 0.15) is 11.0 Å². The van der Waals surface area contributed by atoms with Crippen molar-refractivity contribution >= 4 is 50.6 Å². The highest BCUT2D eigenvalue weighted by atomic mass is 35.5. The zero-order chi connectivity index (χ0) is 21.3. The number of hydrogen-bond acceptors (Lipinski definition) is 5. The van der Waals surface area contributed by atoms with Crippen LogP contribution in [0.25, 0.3) is 11.1 Å². The van der Waals surface area contributed by atoms with Gasteiger partial charge in [-0.3, -0.25) is 14.5 Å². The van der Waals surface area contributed by atoms with Gasteiger partial charge < -0.3 is 5.32 Å². The van der Waals surface area contributed by atoms with Crippen LogP contribution in [0.5, 0.6) is 0 Å². The van der Waals surface area contributed by atoms with Gasteiger partial charge in [-0.25, -0.2) is 9.19 Å². The lowest BCUT2D eigenvalue weighted by molar-refractivity contribution is -0.120. The molecule has 9 heteroatoms. The molecule has 1 fully saturated rings. The molecule has 1 aromatic carbocycles. The van der Waals surface area contributed by atoms with Crippen LogP contribution in [-0.4, -0.2) is 25.3 Å². The molecule has 0 aliphatic heterocycles. The van der Waals surface area contributed by atoms with Gasteiger partial charge in [-0.05, 0) is 50.5 Å². The lowest BCUT2D eigenvalue weighted by atomic mass is 9.89. The molecule has 1 atom stereocenters. The summed E-state index contributed by atoms with van der Waals surface area (Å²) in [5, 5.41) is 5.95. The van der Waals surface area contributed by atoms with E-state index in [1.165, 1.54) is 11.3 Å². The van der Waals surface area contributed by atoms with E-state index >= 15 is 0 Å². The number of amides is 1. The molecule has 0 saturated heterocycles. The summed E-state index contributed by atoms with van der Waals surface area (Å²) in [5.74, 6) is -0.223. The highest BCUT2D eigenvalue weighted by Gasteiger charge is 2.34. The standard InChI is InChI=1S/C21H21ClN4O2S2/c1-21(2,18-12-29-20(25-18)26-30(28)15-6-7-15)19(27)24-17-8-5-13(10-16(17)22)14-4-3-9-23-11-14/h3-5,8-12,15H,6-7H2,1-2H3,(H,24,27)(H,25,26). The first-order valence-corrected chi connectivity index (χ1v) is 12.0. The Bertz CT molecular complexity index is 1100. The molecule has 4 rings (SSSR count). The largest absolute Gasteiger partial charge is 0.324 e. The first-order valence-electron chi connectivity index (χ1n) is 9.49. The fraction of sp³-hybridized carbons (Fsp3) is 0.286. The van der Waals surface area contributed by atoms with Gasteiger partial charge in [-0.1, -0.05) is 23.7 Å². The van der Waals surface area contributed by atoms with Crippen molar-refractivity contribution in [3.8, 4) is 11.1 Å². The summed E-state index contributed by atoms with van der Waals surface area (Å²) < 4.78 is 15.0. The van der Waals surface area contributed by atoms with E-state index in [0.717, 1.165) is 24.0 Å². The zero-order valence-electron chi connectivity index (χ0n) is 16.5. The Morgan fingerprint density at radius 1 is 1.27 bits per heavy atom. The number of pyridine rings is 1. The van der Waals surface area contributed by atoms with Crippen molar-refractivity contribution in [3.05, 3.63) is 58.8 Å². The first kappa shape index (κ1) is 21.0. The lowest BCUT2D eigenvalue weighted by Crippen LogP contribution is -2.35. The van der Waals surface area contributed by atoms with Gasteiger partial charge in [-0.2, -0.15) is 0 Å². The van der Waals surface area contributed by atoms with Crippen molar-refractivity contribution in [2.45, 2.75) is 37.4 Å². The van der Waals surface area contributed by atoms with Crippen LogP contribution in [0.1, 0.15) is 32.4 Å². The van der Waals surface area contributed by atoms with Crippen molar-refractivity contribution in [1.29, 1.82) is 0 Å². The third-order valence-corrected chi connectivity index (χ3v) is 7.61. The Hall–Kier alpha value is -2.29. The topological polar surface area (TPSA) is 84.0 Å². The predicted octanol–water partition coefficient (Wildman–Crippen LogP) is 5.01. The Morgan fingerprint density at radius 2 is 2.07 bits per heavy atom. The van der Waals surface area contributed by atoms with Crippen LogP contribution in [0.4, 0.5) is 10.8 Å². The van der Waals surface area contributed by atoms with Crippen LogP contribution in [-0.2, 0) is 21.2 Å². The van der Waals surface area contributed by atoms with Gasteiger partial charge in [0.15, 0.2) is 5.13 Å². The van der Waals surface area contributed by atoms with Gasteiger partial charge in [-0.15, -0.1) is 11.3 Å². The summed E-state index contributed by atoms with van der Waals surface area (Å²) in [6.45, 7) is 3.61. The van der Waals surface area contributed by atoms with Crippen molar-refractivity contribution in [2.75, 3.05) is 10.0 Å². The third kappa shape index (κ3) is 4.55. The van der Waals surface area contributed by atoms with Crippen LogP contribution >= 0.6 is 22.9 Å². The van der Waals surface area contributed by atoms with E-state index in [9.17, 15) is 9.00 Å². The van der Waals surface area contributed by atoms with Crippen molar-refractivity contribution < 1.29 is 9.00 Å². The van der Waals surface area contributed by atoms with E-state index in [1.807, 2.05) is 23.6 Å². The van der Waals surface area contributed by atoms with Crippen LogP contribution in [0, 0.1) is 0 Å². The van der Waals surface area contributed by atoms with Crippen LogP contribution in [0.15, 0.2) is 48.1 Å². The maximum absolute atomic E-state index is 13.0. The molecule has 1 saturated carbocycles. The molecule has 0 spiro atoms. The van der Waals surface area contributed by atoms with Crippen LogP contribution in [0.2, 0.25) is 5.02 Å². The highest BCUT2D eigenvalue weighted by molar-refractivity contribution is 7.87. The number of halogens is 1. The molecular formula is C21H21ClN4O2S2. The number of hydrogen-bond donors (Lipinski definition) is 2. The summed E-state index contributed by atoms with van der Waals surface area (Å²) in [7, 11) is -1.11. The Labute approximate surface area is 186 Å². The number of carbonyl (C=O) groups is 1. The molecule has 2 N–H and O–H groups in total. The Balaban J connectivity index is 1.47. The summed E-state index contributed by atoms with van der Waals surface area (Å²) in [4.78, 5) is 21.6. The van der Waals surface area contributed by atoms with Crippen molar-refractivity contribution in [1.82, 2.24) is 9.97 Å². The number of carbonyl (C=O) groups excluding carboxylic acids is 1. The van der Waals surface area contributed by atoms with Crippen molar-refractivity contribution in [2.24, 2.45) is 0 Å². The molecule has 2 aromatic heterocycles. The molecule has 6 nitrogen and oxygen atoms in total. The first-order chi connectivity index (χ1) is 14.3. The SMILES string of the molecule is CC(C)(C(=O)Nc1ccc(-c2cccnc2)cc1Cl)c1csc(NS(=O)C2CC2)n1. The monoisotopic (exact) mass is 460 g/mol. The molecular weight excluding hydrogens is 440 g/mol. The summed E-state index contributed by atoms with van der Waals surface area (Å²) in [5.41, 5.74) is 2.13. The maximum Gasteiger partial charge on any atom is 0.236 e. The lowest BCUT2D eigenvalue weighted by Gasteiger charge is -2.22. The minimum atomic E-state index is -1.11. The molecule has 1 aliphatic rings. The number of thiazole rings is 1. The molecule has 1 aliphatic carbocycles. The third-order valence-electron chi connectivity index (χ3n) is 4.94. The quantitative estimate of drug-likeness (QED) is 0.519. The van der Waals surface area contributed by atoms with Gasteiger partial charge in [0.25, 0.3) is 0 Å². The van der Waals surface area contributed by atoms with Gasteiger partial charge in [0.2, 0.25) is 5.91 Å². The van der Waals surface area contributed by atoms with Crippen LogP contribution < -0.4 is 10.0 Å². The molecule has 3 aromatic rings. The highest BCUT2D eigenvalue weighted by Crippen LogP contribution is 2.33. The van der Waals surface area contributed by atoms with E-state index in [1.54, 1.807) is 38.4 Å². The van der Waals surface area contributed by atoms with Crippen molar-refractivity contribution in [3.63, 3.8) is 0 Å². The molecule has 30 heavy (non-hydrogen) atoms. The fourth-order valence-electron chi connectivity index (χ4n) is 2.78. The van der Waals surface area contributed by atoms with Gasteiger partial charge in [0.05, 0.1) is 27.1 Å². The Kier molecular flexibility index (Phi) is 5.90. The molecule has 156 valence electrons. The summed E-state index contributed by atoms with van der Waals surface area (Å²) in [6, 6.07) is 9.29.